The van der Waals surface area contributed by atoms with E-state index in [4.69, 9.17) is 4.74 Å². The van der Waals surface area contributed by atoms with Crippen LogP contribution in [0.5, 0.6) is 0 Å². The minimum atomic E-state index is -0.497. The van der Waals surface area contributed by atoms with Crippen molar-refractivity contribution in [1.29, 1.82) is 0 Å². The molecule has 0 aromatic carbocycles. The molecule has 19 heavy (non-hydrogen) atoms. The number of hydrogen-bond donors (Lipinski definition) is 3. The molecule has 0 saturated carbocycles. The highest BCUT2D eigenvalue weighted by atomic mass is 16.6. The third-order valence-electron chi connectivity index (χ3n) is 3.75. The molecular formula is C14H28N2O3. The molecule has 5 heteroatoms. The van der Waals surface area contributed by atoms with Gasteiger partial charge in [0.05, 0.1) is 6.61 Å². The van der Waals surface area contributed by atoms with E-state index in [9.17, 15) is 9.90 Å². The van der Waals surface area contributed by atoms with E-state index in [1.54, 1.807) is 0 Å². The van der Waals surface area contributed by atoms with Crippen LogP contribution in [0.1, 0.15) is 47.0 Å². The van der Waals surface area contributed by atoms with E-state index < -0.39 is 11.7 Å². The Morgan fingerprint density at radius 3 is 2.42 bits per heavy atom. The van der Waals surface area contributed by atoms with Crippen LogP contribution in [0.15, 0.2) is 0 Å². The second-order valence-electron chi connectivity index (χ2n) is 6.38. The van der Waals surface area contributed by atoms with Crippen LogP contribution in [0.4, 0.5) is 4.79 Å². The smallest absolute Gasteiger partial charge is 0.407 e. The molecule has 1 saturated heterocycles. The van der Waals surface area contributed by atoms with Gasteiger partial charge in [0, 0.05) is 11.5 Å². The minimum Gasteiger partial charge on any atom is -0.444 e. The van der Waals surface area contributed by atoms with Gasteiger partial charge in [-0.15, -0.1) is 0 Å². The van der Waals surface area contributed by atoms with Crippen molar-refractivity contribution in [3.63, 3.8) is 0 Å². The summed E-state index contributed by atoms with van der Waals surface area (Å²) in [5.74, 6) is 0. The molecule has 0 bridgehead atoms. The predicted molar refractivity (Wildman–Crippen MR) is 75.1 cm³/mol. The van der Waals surface area contributed by atoms with Gasteiger partial charge in [-0.2, -0.15) is 0 Å². The molecule has 5 nitrogen and oxygen atoms in total. The average molecular weight is 272 g/mol. The number of hydrogen-bond acceptors (Lipinski definition) is 4. The van der Waals surface area contributed by atoms with E-state index in [0.29, 0.717) is 0 Å². The van der Waals surface area contributed by atoms with Crippen molar-refractivity contribution in [2.24, 2.45) is 5.41 Å². The lowest BCUT2D eigenvalue weighted by atomic mass is 9.72. The average Bonchev–Trinajstić information content (AvgIpc) is 2.34. The number of carbonyl (C=O) groups is 1. The van der Waals surface area contributed by atoms with Crippen molar-refractivity contribution in [1.82, 2.24) is 10.6 Å². The number of carbonyl (C=O) groups excluding carboxylic acids is 1. The molecule has 0 aliphatic carbocycles. The van der Waals surface area contributed by atoms with Crippen LogP contribution in [-0.4, -0.2) is 42.5 Å². The van der Waals surface area contributed by atoms with Crippen LogP contribution in [-0.2, 0) is 4.74 Å². The van der Waals surface area contributed by atoms with E-state index in [1.165, 1.54) is 0 Å². The Balaban J connectivity index is 2.67. The molecule has 112 valence electrons. The van der Waals surface area contributed by atoms with E-state index in [2.05, 4.69) is 10.6 Å². The van der Waals surface area contributed by atoms with E-state index in [-0.39, 0.29) is 18.1 Å². The number of aliphatic hydroxyl groups excluding tert-OH is 1. The Bertz CT molecular complexity index is 294. The van der Waals surface area contributed by atoms with Crippen molar-refractivity contribution in [3.8, 4) is 0 Å². The Morgan fingerprint density at radius 2 is 2.00 bits per heavy atom. The summed E-state index contributed by atoms with van der Waals surface area (Å²) in [6.45, 7) is 9.43. The fourth-order valence-electron chi connectivity index (χ4n) is 2.68. The normalized spacial score (nSPS) is 20.7. The van der Waals surface area contributed by atoms with Crippen LogP contribution in [0.25, 0.3) is 0 Å². The molecule has 0 radical (unpaired) electrons. The first-order valence-electron chi connectivity index (χ1n) is 7.14. The monoisotopic (exact) mass is 272 g/mol. The Morgan fingerprint density at radius 1 is 1.42 bits per heavy atom. The van der Waals surface area contributed by atoms with Gasteiger partial charge < -0.3 is 20.5 Å². The fraction of sp³-hybridized carbons (Fsp3) is 0.929. The first-order valence-corrected chi connectivity index (χ1v) is 7.14. The van der Waals surface area contributed by atoms with Gasteiger partial charge in [0.2, 0.25) is 0 Å². The van der Waals surface area contributed by atoms with Crippen LogP contribution in [0.2, 0.25) is 0 Å². The van der Waals surface area contributed by atoms with Gasteiger partial charge in [-0.05, 0) is 53.1 Å². The van der Waals surface area contributed by atoms with Crippen molar-refractivity contribution < 1.29 is 14.6 Å². The third-order valence-corrected chi connectivity index (χ3v) is 3.75. The lowest BCUT2D eigenvalue weighted by Crippen LogP contribution is -2.54. The summed E-state index contributed by atoms with van der Waals surface area (Å²) >= 11 is 0. The Labute approximate surface area is 116 Å². The molecule has 0 spiro atoms. The molecule has 0 aromatic heterocycles. The second-order valence-corrected chi connectivity index (χ2v) is 6.38. The molecule has 3 N–H and O–H groups in total. The highest BCUT2D eigenvalue weighted by Crippen LogP contribution is 2.33. The molecule has 1 aliphatic rings. The van der Waals surface area contributed by atoms with Crippen LogP contribution >= 0.6 is 0 Å². The molecule has 1 atom stereocenters. The van der Waals surface area contributed by atoms with Gasteiger partial charge in [-0.25, -0.2) is 4.79 Å². The summed E-state index contributed by atoms with van der Waals surface area (Å²) in [5, 5.41) is 16.0. The molecule has 1 amide bonds. The standard InChI is InChI=1S/C14H28N2O3/c1-5-11(16-12(18)19-13(2,3)4)14(10-17)6-8-15-9-7-14/h11,15,17H,5-10H2,1-4H3,(H,16,18)/t11-/m1/s1. The summed E-state index contributed by atoms with van der Waals surface area (Å²) in [4.78, 5) is 11.9. The molecule has 1 heterocycles. The van der Waals surface area contributed by atoms with E-state index in [1.807, 2.05) is 27.7 Å². The SMILES string of the molecule is CC[C@@H](NC(=O)OC(C)(C)C)C1(CO)CCNCC1. The third kappa shape index (κ3) is 4.66. The molecule has 1 rings (SSSR count). The van der Waals surface area contributed by atoms with Crippen molar-refractivity contribution in [2.75, 3.05) is 19.7 Å². The van der Waals surface area contributed by atoms with Gasteiger partial charge in [0.25, 0.3) is 0 Å². The zero-order valence-electron chi connectivity index (χ0n) is 12.6. The van der Waals surface area contributed by atoms with Gasteiger partial charge in [-0.3, -0.25) is 0 Å². The van der Waals surface area contributed by atoms with Gasteiger partial charge in [-0.1, -0.05) is 6.92 Å². The van der Waals surface area contributed by atoms with Crippen LogP contribution in [0.3, 0.4) is 0 Å². The molecule has 1 aliphatic heterocycles. The summed E-state index contributed by atoms with van der Waals surface area (Å²) in [6, 6.07) is -0.0468. The summed E-state index contributed by atoms with van der Waals surface area (Å²) in [7, 11) is 0. The molecule has 1 fully saturated rings. The van der Waals surface area contributed by atoms with Crippen LogP contribution in [0, 0.1) is 5.41 Å². The first kappa shape index (κ1) is 16.2. The lowest BCUT2D eigenvalue weighted by molar-refractivity contribution is 0.0231. The zero-order valence-corrected chi connectivity index (χ0v) is 12.6. The second kappa shape index (κ2) is 6.57. The maximum absolute atomic E-state index is 11.9. The Kier molecular flexibility index (Phi) is 5.62. The fourth-order valence-corrected chi connectivity index (χ4v) is 2.68. The number of amides is 1. The van der Waals surface area contributed by atoms with Crippen molar-refractivity contribution in [2.45, 2.75) is 58.6 Å². The number of piperidine rings is 1. The van der Waals surface area contributed by atoms with Crippen molar-refractivity contribution >= 4 is 6.09 Å². The van der Waals surface area contributed by atoms with Gasteiger partial charge in [0.15, 0.2) is 0 Å². The van der Waals surface area contributed by atoms with Gasteiger partial charge >= 0.3 is 6.09 Å². The number of ether oxygens (including phenoxy) is 1. The summed E-state index contributed by atoms with van der Waals surface area (Å²) in [6.07, 6.45) is 2.14. The predicted octanol–water partition coefficient (Wildman–Crippen LogP) is 1.65. The minimum absolute atomic E-state index is 0.0468. The summed E-state index contributed by atoms with van der Waals surface area (Å²) in [5.41, 5.74) is -0.722. The van der Waals surface area contributed by atoms with Crippen molar-refractivity contribution in [3.05, 3.63) is 0 Å². The highest BCUT2D eigenvalue weighted by Gasteiger charge is 2.39. The Hall–Kier alpha value is -0.810. The van der Waals surface area contributed by atoms with Crippen LogP contribution < -0.4 is 10.6 Å². The maximum Gasteiger partial charge on any atom is 0.407 e. The first-order chi connectivity index (χ1) is 8.83. The van der Waals surface area contributed by atoms with E-state index >= 15 is 0 Å². The molecule has 0 unspecified atom stereocenters. The summed E-state index contributed by atoms with van der Waals surface area (Å²) < 4.78 is 5.30. The van der Waals surface area contributed by atoms with Gasteiger partial charge in [0.1, 0.15) is 5.60 Å². The number of alkyl carbamates (subject to hydrolysis) is 1. The quantitative estimate of drug-likeness (QED) is 0.728. The topological polar surface area (TPSA) is 70.6 Å². The molecular weight excluding hydrogens is 244 g/mol. The molecule has 0 aromatic rings. The number of aliphatic hydroxyl groups is 1. The largest absolute Gasteiger partial charge is 0.444 e. The lowest BCUT2D eigenvalue weighted by Gasteiger charge is -2.42. The van der Waals surface area contributed by atoms with E-state index in [0.717, 1.165) is 32.4 Å². The number of rotatable bonds is 4. The number of nitrogens with one attached hydrogen (secondary N) is 2. The highest BCUT2D eigenvalue weighted by molar-refractivity contribution is 5.68. The maximum atomic E-state index is 11.9. The zero-order chi connectivity index (χ0) is 14.5.